The average Bonchev–Trinajstić information content (AvgIpc) is 2.36. The van der Waals surface area contributed by atoms with Crippen LogP contribution in [0.4, 0.5) is 5.69 Å². The summed E-state index contributed by atoms with van der Waals surface area (Å²) in [6.07, 6.45) is 0.0609. The molecule has 1 aromatic rings. The first-order valence-electron chi connectivity index (χ1n) is 5.55. The predicted molar refractivity (Wildman–Crippen MR) is 66.2 cm³/mol. The van der Waals surface area contributed by atoms with E-state index in [1.807, 2.05) is 32.3 Å². The molecular weight excluding hydrogens is 218 g/mol. The number of nitrogens with zero attached hydrogens (tertiary/aromatic N) is 1. The highest BCUT2D eigenvalue weighted by Gasteiger charge is 2.23. The SMILES string of the molecule is CNC(NC)c1ccc2c(c1)N(C)C(=O)CO2. The molecule has 0 radical (unpaired) electrons. The number of fused-ring (bicyclic) bond motifs is 1. The van der Waals surface area contributed by atoms with Crippen LogP contribution in [0.3, 0.4) is 0 Å². The number of carbonyl (C=O) groups excluding carboxylic acids is 1. The summed E-state index contributed by atoms with van der Waals surface area (Å²) in [5.74, 6) is 0.724. The van der Waals surface area contributed by atoms with Crippen molar-refractivity contribution in [2.75, 3.05) is 32.6 Å². The lowest BCUT2D eigenvalue weighted by atomic mass is 10.1. The van der Waals surface area contributed by atoms with Gasteiger partial charge in [-0.3, -0.25) is 4.79 Å². The second kappa shape index (κ2) is 4.73. The summed E-state index contributed by atoms with van der Waals surface area (Å²) in [5.41, 5.74) is 1.88. The van der Waals surface area contributed by atoms with E-state index in [2.05, 4.69) is 10.6 Å². The lowest BCUT2D eigenvalue weighted by molar-refractivity contribution is -0.120. The number of benzene rings is 1. The molecule has 1 aliphatic heterocycles. The molecule has 2 N–H and O–H groups in total. The number of carbonyl (C=O) groups is 1. The van der Waals surface area contributed by atoms with Gasteiger partial charge >= 0.3 is 0 Å². The highest BCUT2D eigenvalue weighted by Crippen LogP contribution is 2.33. The van der Waals surface area contributed by atoms with Gasteiger partial charge in [-0.2, -0.15) is 0 Å². The van der Waals surface area contributed by atoms with Gasteiger partial charge in [0, 0.05) is 7.05 Å². The van der Waals surface area contributed by atoms with E-state index in [1.54, 1.807) is 11.9 Å². The molecule has 1 amide bonds. The Morgan fingerprint density at radius 3 is 2.71 bits per heavy atom. The first-order chi connectivity index (χ1) is 8.17. The second-order valence-corrected chi connectivity index (χ2v) is 3.98. The zero-order chi connectivity index (χ0) is 12.4. The van der Waals surface area contributed by atoms with Gasteiger partial charge in [0.1, 0.15) is 5.75 Å². The van der Waals surface area contributed by atoms with Crippen LogP contribution in [0.5, 0.6) is 5.75 Å². The predicted octanol–water partition coefficient (Wildman–Crippen LogP) is 0.479. The highest BCUT2D eigenvalue weighted by molar-refractivity contribution is 5.97. The van der Waals surface area contributed by atoms with Crippen molar-refractivity contribution in [2.24, 2.45) is 0 Å². The largest absolute Gasteiger partial charge is 0.482 e. The fourth-order valence-electron chi connectivity index (χ4n) is 1.95. The van der Waals surface area contributed by atoms with Crippen molar-refractivity contribution in [1.82, 2.24) is 10.6 Å². The van der Waals surface area contributed by atoms with Crippen LogP contribution < -0.4 is 20.3 Å². The van der Waals surface area contributed by atoms with Crippen molar-refractivity contribution >= 4 is 11.6 Å². The van der Waals surface area contributed by atoms with Gasteiger partial charge in [0.25, 0.3) is 5.91 Å². The van der Waals surface area contributed by atoms with Crippen LogP contribution in [0.15, 0.2) is 18.2 Å². The molecular formula is C12H17N3O2. The van der Waals surface area contributed by atoms with Crippen LogP contribution in [-0.2, 0) is 4.79 Å². The maximum absolute atomic E-state index is 11.5. The minimum absolute atomic E-state index is 0.0277. The molecule has 0 bridgehead atoms. The zero-order valence-electron chi connectivity index (χ0n) is 10.3. The molecule has 2 rings (SSSR count). The molecule has 0 spiro atoms. The van der Waals surface area contributed by atoms with Crippen LogP contribution in [0.2, 0.25) is 0 Å². The Morgan fingerprint density at radius 1 is 1.35 bits per heavy atom. The smallest absolute Gasteiger partial charge is 0.264 e. The number of anilines is 1. The third-order valence-electron chi connectivity index (χ3n) is 2.98. The van der Waals surface area contributed by atoms with Crippen LogP contribution in [0, 0.1) is 0 Å². The Morgan fingerprint density at radius 2 is 2.06 bits per heavy atom. The Balaban J connectivity index is 2.38. The van der Waals surface area contributed by atoms with Gasteiger partial charge in [-0.15, -0.1) is 0 Å². The Hall–Kier alpha value is -1.59. The Kier molecular flexibility index (Phi) is 3.31. The molecule has 0 unspecified atom stereocenters. The molecule has 0 saturated heterocycles. The molecule has 0 saturated carbocycles. The number of amides is 1. The topological polar surface area (TPSA) is 53.6 Å². The maximum atomic E-state index is 11.5. The van der Waals surface area contributed by atoms with Crippen molar-refractivity contribution in [1.29, 1.82) is 0 Å². The molecule has 0 fully saturated rings. The van der Waals surface area contributed by atoms with Crippen LogP contribution >= 0.6 is 0 Å². The Labute approximate surface area is 101 Å². The number of rotatable bonds is 3. The average molecular weight is 235 g/mol. The third kappa shape index (κ3) is 2.11. The van der Waals surface area contributed by atoms with Gasteiger partial charge in [0.15, 0.2) is 6.61 Å². The van der Waals surface area contributed by atoms with Crippen LogP contribution in [0.25, 0.3) is 0 Å². The van der Waals surface area contributed by atoms with E-state index in [1.165, 1.54) is 0 Å². The molecule has 5 nitrogen and oxygen atoms in total. The molecule has 1 aliphatic rings. The van der Waals surface area contributed by atoms with E-state index >= 15 is 0 Å². The lowest BCUT2D eigenvalue weighted by Gasteiger charge is -2.27. The van der Waals surface area contributed by atoms with Crippen molar-refractivity contribution < 1.29 is 9.53 Å². The summed E-state index contributed by atoms with van der Waals surface area (Å²) in [6.45, 7) is 0.115. The third-order valence-corrected chi connectivity index (χ3v) is 2.98. The molecule has 0 aliphatic carbocycles. The minimum Gasteiger partial charge on any atom is -0.482 e. The van der Waals surface area contributed by atoms with Crippen LogP contribution in [-0.4, -0.2) is 33.7 Å². The van der Waals surface area contributed by atoms with Crippen molar-refractivity contribution in [3.05, 3.63) is 23.8 Å². The fourth-order valence-corrected chi connectivity index (χ4v) is 1.95. The van der Waals surface area contributed by atoms with E-state index < -0.39 is 0 Å². The molecule has 0 aromatic heterocycles. The van der Waals surface area contributed by atoms with E-state index in [4.69, 9.17) is 4.74 Å². The molecule has 17 heavy (non-hydrogen) atoms. The quantitative estimate of drug-likeness (QED) is 0.748. The monoisotopic (exact) mass is 235 g/mol. The molecule has 92 valence electrons. The molecule has 1 aromatic carbocycles. The number of nitrogens with one attached hydrogen (secondary N) is 2. The van der Waals surface area contributed by atoms with Crippen LogP contribution in [0.1, 0.15) is 11.7 Å². The van der Waals surface area contributed by atoms with E-state index in [9.17, 15) is 4.79 Å². The summed E-state index contributed by atoms with van der Waals surface area (Å²) in [5, 5.41) is 6.29. The first kappa shape index (κ1) is 11.9. The number of hydrogen-bond acceptors (Lipinski definition) is 4. The normalized spacial score (nSPS) is 14.8. The summed E-state index contributed by atoms with van der Waals surface area (Å²) >= 11 is 0. The standard InChI is InChI=1S/C12H17N3O2/c1-13-12(14-2)8-4-5-10-9(6-8)15(3)11(16)7-17-10/h4-6,12-14H,7H2,1-3H3. The first-order valence-corrected chi connectivity index (χ1v) is 5.55. The summed E-state index contributed by atoms with van der Waals surface area (Å²) < 4.78 is 5.38. The fraction of sp³-hybridized carbons (Fsp3) is 0.417. The van der Waals surface area contributed by atoms with Gasteiger partial charge in [-0.25, -0.2) is 0 Å². The molecule has 1 heterocycles. The van der Waals surface area contributed by atoms with Gasteiger partial charge in [-0.1, -0.05) is 6.07 Å². The van der Waals surface area contributed by atoms with Crippen molar-refractivity contribution in [2.45, 2.75) is 6.17 Å². The number of hydrogen-bond donors (Lipinski definition) is 2. The molecule has 5 heteroatoms. The minimum atomic E-state index is -0.0277. The van der Waals surface area contributed by atoms with Gasteiger partial charge in [0.2, 0.25) is 0 Å². The summed E-state index contributed by atoms with van der Waals surface area (Å²) in [7, 11) is 5.53. The van der Waals surface area contributed by atoms with E-state index in [0.717, 1.165) is 17.0 Å². The van der Waals surface area contributed by atoms with E-state index in [-0.39, 0.29) is 18.7 Å². The summed E-state index contributed by atoms with van der Waals surface area (Å²) in [4.78, 5) is 13.2. The Bertz CT molecular complexity index is 430. The number of ether oxygens (including phenoxy) is 1. The highest BCUT2D eigenvalue weighted by atomic mass is 16.5. The number of likely N-dealkylation sites (N-methyl/N-ethyl adjacent to an activating group) is 1. The van der Waals surface area contributed by atoms with Gasteiger partial charge in [-0.05, 0) is 31.8 Å². The van der Waals surface area contributed by atoms with Crippen molar-refractivity contribution in [3.8, 4) is 5.75 Å². The summed E-state index contributed by atoms with van der Waals surface area (Å²) in [6, 6.07) is 5.85. The lowest BCUT2D eigenvalue weighted by Crippen LogP contribution is -2.36. The van der Waals surface area contributed by atoms with Gasteiger partial charge in [0.05, 0.1) is 11.9 Å². The zero-order valence-corrected chi connectivity index (χ0v) is 10.3. The second-order valence-electron chi connectivity index (χ2n) is 3.98. The van der Waals surface area contributed by atoms with E-state index in [0.29, 0.717) is 0 Å². The van der Waals surface area contributed by atoms with Crippen molar-refractivity contribution in [3.63, 3.8) is 0 Å². The molecule has 0 atom stereocenters. The van der Waals surface area contributed by atoms with Gasteiger partial charge < -0.3 is 20.3 Å². The maximum Gasteiger partial charge on any atom is 0.264 e.